The largest absolute Gasteiger partial charge is 0.303 e. The van der Waals surface area contributed by atoms with E-state index in [1.807, 2.05) is 6.07 Å². The Labute approximate surface area is 85.1 Å². The maximum atomic E-state index is 10.6. The van der Waals surface area contributed by atoms with Gasteiger partial charge in [0, 0.05) is 16.0 Å². The molecule has 3 heteroatoms. The number of benzene rings is 1. The quantitative estimate of drug-likeness (QED) is 0.762. The SMILES string of the molecule is CC(C=O)c1ccc(Br)c(C=O)c1. The van der Waals surface area contributed by atoms with Crippen LogP contribution in [0.3, 0.4) is 0 Å². The summed E-state index contributed by atoms with van der Waals surface area (Å²) in [6, 6.07) is 5.32. The first kappa shape index (κ1) is 10.1. The Kier molecular flexibility index (Phi) is 3.37. The standard InChI is InChI=1S/C10H9BrO2/c1-7(5-12)8-2-3-10(11)9(4-8)6-13/h2-7H,1H3. The molecule has 1 rings (SSSR count). The van der Waals surface area contributed by atoms with E-state index in [-0.39, 0.29) is 5.92 Å². The van der Waals surface area contributed by atoms with Gasteiger partial charge in [-0.25, -0.2) is 0 Å². The van der Waals surface area contributed by atoms with Crippen LogP contribution < -0.4 is 0 Å². The molecule has 0 spiro atoms. The summed E-state index contributed by atoms with van der Waals surface area (Å²) >= 11 is 3.24. The van der Waals surface area contributed by atoms with Crippen molar-refractivity contribution in [1.82, 2.24) is 0 Å². The highest BCUT2D eigenvalue weighted by Gasteiger charge is 2.06. The van der Waals surface area contributed by atoms with E-state index in [1.54, 1.807) is 19.1 Å². The first-order chi connectivity index (χ1) is 6.19. The molecule has 0 amide bonds. The Morgan fingerprint density at radius 2 is 2.08 bits per heavy atom. The van der Waals surface area contributed by atoms with Crippen molar-refractivity contribution in [3.8, 4) is 0 Å². The second-order valence-electron chi connectivity index (χ2n) is 2.82. The van der Waals surface area contributed by atoms with Gasteiger partial charge in [-0.3, -0.25) is 4.79 Å². The van der Waals surface area contributed by atoms with Gasteiger partial charge in [0.15, 0.2) is 6.29 Å². The minimum atomic E-state index is -0.160. The van der Waals surface area contributed by atoms with Crippen molar-refractivity contribution in [2.75, 3.05) is 0 Å². The highest BCUT2D eigenvalue weighted by Crippen LogP contribution is 2.20. The van der Waals surface area contributed by atoms with Crippen LogP contribution in [0.1, 0.15) is 28.8 Å². The van der Waals surface area contributed by atoms with Crippen LogP contribution in [0.2, 0.25) is 0 Å². The van der Waals surface area contributed by atoms with E-state index in [0.717, 1.165) is 22.6 Å². The fourth-order valence-corrected chi connectivity index (χ4v) is 1.35. The molecule has 0 aliphatic rings. The summed E-state index contributed by atoms with van der Waals surface area (Å²) in [5.41, 5.74) is 1.44. The van der Waals surface area contributed by atoms with Crippen LogP contribution in [0.25, 0.3) is 0 Å². The fourth-order valence-electron chi connectivity index (χ4n) is 1.01. The Morgan fingerprint density at radius 1 is 1.38 bits per heavy atom. The molecule has 1 atom stereocenters. The summed E-state index contributed by atoms with van der Waals surface area (Å²) in [5, 5.41) is 0. The molecule has 0 radical (unpaired) electrons. The summed E-state index contributed by atoms with van der Waals surface area (Å²) in [5.74, 6) is -0.160. The molecular weight excluding hydrogens is 232 g/mol. The summed E-state index contributed by atoms with van der Waals surface area (Å²) < 4.78 is 0.754. The molecular formula is C10H9BrO2. The van der Waals surface area contributed by atoms with Gasteiger partial charge in [-0.15, -0.1) is 0 Å². The molecule has 0 aromatic heterocycles. The van der Waals surface area contributed by atoms with E-state index in [4.69, 9.17) is 0 Å². The van der Waals surface area contributed by atoms with Gasteiger partial charge >= 0.3 is 0 Å². The summed E-state index contributed by atoms with van der Waals surface area (Å²) in [4.78, 5) is 21.1. The van der Waals surface area contributed by atoms with Crippen LogP contribution >= 0.6 is 15.9 Å². The molecule has 0 saturated carbocycles. The van der Waals surface area contributed by atoms with E-state index in [2.05, 4.69) is 15.9 Å². The smallest absolute Gasteiger partial charge is 0.151 e. The maximum absolute atomic E-state index is 10.6. The lowest BCUT2D eigenvalue weighted by molar-refractivity contribution is -0.108. The van der Waals surface area contributed by atoms with E-state index >= 15 is 0 Å². The average Bonchev–Trinajstić information content (AvgIpc) is 2.17. The lowest BCUT2D eigenvalue weighted by Gasteiger charge is -2.05. The molecule has 0 aliphatic carbocycles. The Morgan fingerprint density at radius 3 is 2.62 bits per heavy atom. The molecule has 0 aliphatic heterocycles. The van der Waals surface area contributed by atoms with Crippen molar-refractivity contribution in [2.24, 2.45) is 0 Å². The van der Waals surface area contributed by atoms with Crippen LogP contribution in [-0.2, 0) is 4.79 Å². The molecule has 13 heavy (non-hydrogen) atoms. The third-order valence-electron chi connectivity index (χ3n) is 1.88. The number of hydrogen-bond donors (Lipinski definition) is 0. The Bertz CT molecular complexity index is 334. The summed E-state index contributed by atoms with van der Waals surface area (Å²) in [6.45, 7) is 1.80. The number of carbonyl (C=O) groups is 2. The van der Waals surface area contributed by atoms with Crippen LogP contribution in [0.5, 0.6) is 0 Å². The zero-order valence-corrected chi connectivity index (χ0v) is 8.74. The van der Waals surface area contributed by atoms with Crippen molar-refractivity contribution < 1.29 is 9.59 Å². The molecule has 0 heterocycles. The number of aldehydes is 2. The van der Waals surface area contributed by atoms with Crippen molar-refractivity contribution in [1.29, 1.82) is 0 Å². The van der Waals surface area contributed by atoms with Gasteiger partial charge in [-0.05, 0) is 17.7 Å². The van der Waals surface area contributed by atoms with E-state index < -0.39 is 0 Å². The topological polar surface area (TPSA) is 34.1 Å². The van der Waals surface area contributed by atoms with Crippen LogP contribution in [0.4, 0.5) is 0 Å². The molecule has 0 N–H and O–H groups in total. The molecule has 0 bridgehead atoms. The minimum Gasteiger partial charge on any atom is -0.303 e. The Balaban J connectivity index is 3.12. The van der Waals surface area contributed by atoms with Gasteiger partial charge in [-0.2, -0.15) is 0 Å². The second kappa shape index (κ2) is 4.33. The zero-order chi connectivity index (χ0) is 9.84. The van der Waals surface area contributed by atoms with Gasteiger partial charge in [0.2, 0.25) is 0 Å². The van der Waals surface area contributed by atoms with E-state index in [9.17, 15) is 9.59 Å². The molecule has 0 fully saturated rings. The predicted octanol–water partition coefficient (Wildman–Crippen LogP) is 2.56. The van der Waals surface area contributed by atoms with Gasteiger partial charge < -0.3 is 4.79 Å². The van der Waals surface area contributed by atoms with Crippen LogP contribution in [0.15, 0.2) is 22.7 Å². The van der Waals surface area contributed by atoms with E-state index in [1.165, 1.54) is 0 Å². The first-order valence-electron chi connectivity index (χ1n) is 3.89. The Hall–Kier alpha value is -0.960. The fraction of sp³-hybridized carbons (Fsp3) is 0.200. The highest BCUT2D eigenvalue weighted by atomic mass is 79.9. The summed E-state index contributed by atoms with van der Waals surface area (Å²) in [6.07, 6.45) is 1.63. The zero-order valence-electron chi connectivity index (χ0n) is 7.16. The average molecular weight is 241 g/mol. The van der Waals surface area contributed by atoms with Gasteiger partial charge in [-0.1, -0.05) is 28.9 Å². The lowest BCUT2D eigenvalue weighted by Crippen LogP contribution is -1.95. The predicted molar refractivity (Wildman–Crippen MR) is 54.0 cm³/mol. The maximum Gasteiger partial charge on any atom is 0.151 e. The van der Waals surface area contributed by atoms with Crippen LogP contribution in [-0.4, -0.2) is 12.6 Å². The normalized spacial score (nSPS) is 12.2. The van der Waals surface area contributed by atoms with Gasteiger partial charge in [0.1, 0.15) is 6.29 Å². The molecule has 68 valence electrons. The van der Waals surface area contributed by atoms with Crippen molar-refractivity contribution >= 4 is 28.5 Å². The molecule has 1 aromatic rings. The third kappa shape index (κ3) is 2.25. The van der Waals surface area contributed by atoms with Gasteiger partial charge in [0.25, 0.3) is 0 Å². The number of rotatable bonds is 3. The molecule has 1 unspecified atom stereocenters. The molecule has 2 nitrogen and oxygen atoms in total. The number of hydrogen-bond acceptors (Lipinski definition) is 2. The summed E-state index contributed by atoms with van der Waals surface area (Å²) in [7, 11) is 0. The highest BCUT2D eigenvalue weighted by molar-refractivity contribution is 9.10. The molecule has 0 saturated heterocycles. The first-order valence-corrected chi connectivity index (χ1v) is 4.68. The lowest BCUT2D eigenvalue weighted by atomic mass is 10.0. The van der Waals surface area contributed by atoms with Crippen molar-refractivity contribution in [2.45, 2.75) is 12.8 Å². The minimum absolute atomic E-state index is 0.160. The third-order valence-corrected chi connectivity index (χ3v) is 2.60. The van der Waals surface area contributed by atoms with E-state index in [0.29, 0.717) is 5.56 Å². The van der Waals surface area contributed by atoms with Gasteiger partial charge in [0.05, 0.1) is 0 Å². The van der Waals surface area contributed by atoms with Crippen molar-refractivity contribution in [3.05, 3.63) is 33.8 Å². The second-order valence-corrected chi connectivity index (χ2v) is 3.68. The molecule has 1 aromatic carbocycles. The number of carbonyl (C=O) groups excluding carboxylic acids is 2. The monoisotopic (exact) mass is 240 g/mol. The van der Waals surface area contributed by atoms with Crippen molar-refractivity contribution in [3.63, 3.8) is 0 Å². The van der Waals surface area contributed by atoms with Crippen LogP contribution in [0, 0.1) is 0 Å². The number of halogens is 1.